The van der Waals surface area contributed by atoms with Gasteiger partial charge in [0.15, 0.2) is 23.3 Å². The van der Waals surface area contributed by atoms with Crippen molar-refractivity contribution < 1.29 is 76.2 Å². The third kappa shape index (κ3) is 4.77. The summed E-state index contributed by atoms with van der Waals surface area (Å²) in [5.41, 5.74) is 6.45. The van der Waals surface area contributed by atoms with Gasteiger partial charge in [-0.3, -0.25) is 0 Å². The topological polar surface area (TPSA) is 109 Å². The average molecular weight is 624 g/mol. The number of nitrogens with one attached hydrogen (secondary N) is 2. The van der Waals surface area contributed by atoms with Crippen molar-refractivity contribution in [3.8, 4) is 45.6 Å². The third-order valence-electron chi connectivity index (χ3n) is 7.46. The van der Waals surface area contributed by atoms with Gasteiger partial charge in [0.05, 0.1) is 0 Å². The molecule has 8 nitrogen and oxygen atoms in total. The standard InChI is InChI=1S/C32H18N8.Cu.2Na/c1-2-10-18-17(9-1)25-33-26(18)38-28-21-13-5-6-14-22(21)30(35-28)40-32-24-16-8-7-15-23(24)31(36-32)39-29-20-12-4-3-11-19(20)27(34-29)37-25;;;/h1-16H,(H2,33,34,35,36,37,38,39,40);;;/q;3*+1. The summed E-state index contributed by atoms with van der Waals surface area (Å²) in [7, 11) is 0. The van der Waals surface area contributed by atoms with Crippen molar-refractivity contribution >= 4 is 44.1 Å². The zero-order chi connectivity index (χ0) is 26.2. The minimum Gasteiger partial charge on any atom is -0.324 e. The minimum atomic E-state index is 0. The van der Waals surface area contributed by atoms with Crippen LogP contribution in [0.1, 0.15) is 0 Å². The predicted molar refractivity (Wildman–Crippen MR) is 156 cm³/mol. The van der Waals surface area contributed by atoms with Gasteiger partial charge < -0.3 is 9.97 Å². The summed E-state index contributed by atoms with van der Waals surface area (Å²) >= 11 is 0. The molecule has 5 heterocycles. The molecule has 0 unspecified atom stereocenters. The van der Waals surface area contributed by atoms with Gasteiger partial charge in [-0.15, -0.1) is 0 Å². The molecule has 0 fully saturated rings. The second-order valence-electron chi connectivity index (χ2n) is 9.79. The van der Waals surface area contributed by atoms with Gasteiger partial charge in [-0.1, -0.05) is 97.1 Å². The van der Waals surface area contributed by atoms with Crippen molar-refractivity contribution in [1.29, 1.82) is 0 Å². The number of rotatable bonds is 0. The largest absolute Gasteiger partial charge is 1.00 e. The van der Waals surface area contributed by atoms with Crippen LogP contribution in [0.2, 0.25) is 0 Å². The molecule has 7 aromatic rings. The molecule has 3 aromatic heterocycles. The molecule has 0 radical (unpaired) electrons. The number of nitrogens with zero attached hydrogens (tertiary/aromatic N) is 6. The van der Waals surface area contributed by atoms with E-state index in [9.17, 15) is 0 Å². The Morgan fingerprint density at radius 1 is 0.326 bits per heavy atom. The number of hydrogen-bond donors (Lipinski definition) is 2. The number of aromatic amines is 2. The van der Waals surface area contributed by atoms with E-state index in [1.165, 1.54) is 0 Å². The molecule has 0 aliphatic carbocycles. The maximum atomic E-state index is 5.02. The molecule has 8 bridgehead atoms. The molecule has 0 amide bonds. The molecular weight excluding hydrogens is 606 g/mol. The monoisotopic (exact) mass is 623 g/mol. The van der Waals surface area contributed by atoms with E-state index in [0.29, 0.717) is 45.9 Å². The summed E-state index contributed by atoms with van der Waals surface area (Å²) in [4.78, 5) is 36.8. The van der Waals surface area contributed by atoms with E-state index in [2.05, 4.69) is 9.97 Å². The first-order valence-electron chi connectivity index (χ1n) is 13.0. The number of benzene rings is 4. The number of hydrogen-bond acceptors (Lipinski definition) is 6. The molecule has 2 aliphatic heterocycles. The summed E-state index contributed by atoms with van der Waals surface area (Å²) in [6, 6.07) is 32.2. The Hall–Kier alpha value is -3.24. The summed E-state index contributed by atoms with van der Waals surface area (Å²) < 4.78 is 0. The zero-order valence-electron chi connectivity index (χ0n) is 23.2. The molecule has 0 spiro atoms. The molecule has 196 valence electrons. The van der Waals surface area contributed by atoms with E-state index < -0.39 is 0 Å². The normalized spacial score (nSPS) is 11.2. The SMILES string of the molecule is [Cu+].[Na+].[Na+].c1ccc2c(c1)-c1nc-2nc2[nH]c(nc3nc(nc4[nH]c(n1)c1ccccc41)-c1ccccc1-3)c1ccccc21. The molecule has 0 atom stereocenters. The van der Waals surface area contributed by atoms with Crippen molar-refractivity contribution in [2.45, 2.75) is 0 Å². The molecule has 2 aliphatic rings. The summed E-state index contributed by atoms with van der Waals surface area (Å²) in [6.07, 6.45) is 0. The van der Waals surface area contributed by atoms with Crippen molar-refractivity contribution in [2.24, 2.45) is 0 Å². The van der Waals surface area contributed by atoms with E-state index in [1.54, 1.807) is 0 Å². The van der Waals surface area contributed by atoms with Crippen LogP contribution in [0.3, 0.4) is 0 Å². The van der Waals surface area contributed by atoms with Crippen molar-refractivity contribution in [3.63, 3.8) is 0 Å². The zero-order valence-corrected chi connectivity index (χ0v) is 28.2. The van der Waals surface area contributed by atoms with Crippen LogP contribution in [0.4, 0.5) is 0 Å². The van der Waals surface area contributed by atoms with Crippen LogP contribution in [-0.2, 0) is 17.1 Å². The first-order valence-corrected chi connectivity index (χ1v) is 13.0. The van der Waals surface area contributed by atoms with Gasteiger partial charge in [-0.25, -0.2) is 29.9 Å². The van der Waals surface area contributed by atoms with E-state index in [0.717, 1.165) is 43.8 Å². The molecule has 43 heavy (non-hydrogen) atoms. The number of aromatic nitrogens is 8. The smallest absolute Gasteiger partial charge is 0.324 e. The van der Waals surface area contributed by atoms with Crippen LogP contribution < -0.4 is 59.1 Å². The van der Waals surface area contributed by atoms with E-state index in [-0.39, 0.29) is 76.2 Å². The van der Waals surface area contributed by atoms with Crippen molar-refractivity contribution in [3.05, 3.63) is 97.1 Å². The molecular formula is C32H18CuN8Na2+3. The number of fused-ring (bicyclic) bond motifs is 20. The van der Waals surface area contributed by atoms with Crippen LogP contribution in [-0.4, -0.2) is 39.9 Å². The van der Waals surface area contributed by atoms with Gasteiger partial charge in [0.2, 0.25) is 0 Å². The molecule has 0 saturated carbocycles. The predicted octanol–water partition coefficient (Wildman–Crippen LogP) is 0.875. The Labute approximate surface area is 300 Å². The van der Waals surface area contributed by atoms with Crippen LogP contribution in [0.15, 0.2) is 97.1 Å². The number of H-pyrrole nitrogens is 2. The quantitative estimate of drug-likeness (QED) is 0.243. The first-order chi connectivity index (χ1) is 19.8. The minimum absolute atomic E-state index is 0. The van der Waals surface area contributed by atoms with E-state index in [1.807, 2.05) is 97.1 Å². The molecule has 0 saturated heterocycles. The Balaban J connectivity index is 0.00000110. The van der Waals surface area contributed by atoms with E-state index >= 15 is 0 Å². The summed E-state index contributed by atoms with van der Waals surface area (Å²) in [6.45, 7) is 0. The Kier molecular flexibility index (Phi) is 8.10. The van der Waals surface area contributed by atoms with Crippen LogP contribution in [0, 0.1) is 0 Å². The van der Waals surface area contributed by atoms with Gasteiger partial charge in [0, 0.05) is 43.8 Å². The molecule has 9 rings (SSSR count). The van der Waals surface area contributed by atoms with Gasteiger partial charge in [0.1, 0.15) is 22.6 Å². The van der Waals surface area contributed by atoms with Crippen LogP contribution >= 0.6 is 0 Å². The Morgan fingerprint density at radius 2 is 0.558 bits per heavy atom. The maximum absolute atomic E-state index is 5.02. The van der Waals surface area contributed by atoms with Gasteiger partial charge in [-0.2, -0.15) is 0 Å². The fourth-order valence-corrected chi connectivity index (χ4v) is 5.59. The van der Waals surface area contributed by atoms with Gasteiger partial charge in [0.25, 0.3) is 0 Å². The second kappa shape index (κ2) is 11.7. The first kappa shape index (κ1) is 29.8. The van der Waals surface area contributed by atoms with E-state index in [4.69, 9.17) is 29.9 Å². The average Bonchev–Trinajstić information content (AvgIpc) is 3.73. The Bertz CT molecular complexity index is 2050. The van der Waals surface area contributed by atoms with Crippen molar-refractivity contribution in [1.82, 2.24) is 39.9 Å². The Morgan fingerprint density at radius 3 is 0.814 bits per heavy atom. The second-order valence-corrected chi connectivity index (χ2v) is 9.79. The van der Waals surface area contributed by atoms with Crippen LogP contribution in [0.25, 0.3) is 89.7 Å². The van der Waals surface area contributed by atoms with Gasteiger partial charge >= 0.3 is 76.2 Å². The molecule has 4 aromatic carbocycles. The van der Waals surface area contributed by atoms with Crippen molar-refractivity contribution in [2.75, 3.05) is 0 Å². The summed E-state index contributed by atoms with van der Waals surface area (Å²) in [5.74, 6) is 2.39. The maximum Gasteiger partial charge on any atom is 1.00 e. The van der Waals surface area contributed by atoms with Crippen LogP contribution in [0.5, 0.6) is 0 Å². The fraction of sp³-hybridized carbons (Fsp3) is 0. The summed E-state index contributed by atoms with van der Waals surface area (Å²) in [5, 5.41) is 3.82. The van der Waals surface area contributed by atoms with Gasteiger partial charge in [-0.05, 0) is 0 Å². The fourth-order valence-electron chi connectivity index (χ4n) is 5.59. The molecule has 2 N–H and O–H groups in total. The molecule has 11 heteroatoms. The third-order valence-corrected chi connectivity index (χ3v) is 7.46.